The molecule has 0 saturated heterocycles. The Morgan fingerprint density at radius 1 is 0.784 bits per heavy atom. The van der Waals surface area contributed by atoms with Crippen LogP contribution in [0.2, 0.25) is 0 Å². The second-order valence-corrected chi connectivity index (χ2v) is 8.96. The van der Waals surface area contributed by atoms with E-state index in [0.29, 0.717) is 19.4 Å². The maximum Gasteiger partial charge on any atom is 0.326 e. The van der Waals surface area contributed by atoms with Crippen molar-refractivity contribution in [1.82, 2.24) is 16.0 Å². The number of guanidine groups is 1. The van der Waals surface area contributed by atoms with Gasteiger partial charge in [0.05, 0.1) is 6.04 Å². The van der Waals surface area contributed by atoms with Gasteiger partial charge >= 0.3 is 11.9 Å². The molecule has 3 amide bonds. The number of unbranched alkanes of at least 4 members (excludes halogenated alkanes) is 1. The van der Waals surface area contributed by atoms with E-state index in [1.54, 1.807) is 13.8 Å². The Balaban J connectivity index is 5.67. The van der Waals surface area contributed by atoms with E-state index in [9.17, 15) is 29.1 Å². The number of nitrogens with one attached hydrogen (secondary N) is 3. The molecule has 0 radical (unpaired) electrons. The van der Waals surface area contributed by atoms with Crippen LogP contribution in [-0.2, 0) is 24.0 Å². The molecule has 0 aromatic carbocycles. The molecule has 0 aliphatic heterocycles. The molecule has 0 spiro atoms. The summed E-state index contributed by atoms with van der Waals surface area (Å²) in [7, 11) is 0. The molecule has 15 nitrogen and oxygen atoms in total. The van der Waals surface area contributed by atoms with Crippen LogP contribution in [0.25, 0.3) is 0 Å². The number of amides is 3. The lowest BCUT2D eigenvalue weighted by atomic mass is 10.0. The molecule has 13 N–H and O–H groups in total. The summed E-state index contributed by atoms with van der Waals surface area (Å²) in [5.74, 6) is -5.07. The van der Waals surface area contributed by atoms with E-state index in [1.807, 2.05) is 0 Å². The third-order valence-corrected chi connectivity index (χ3v) is 5.44. The van der Waals surface area contributed by atoms with Crippen LogP contribution in [0, 0.1) is 5.92 Å². The van der Waals surface area contributed by atoms with E-state index in [-0.39, 0.29) is 44.1 Å². The van der Waals surface area contributed by atoms with Gasteiger partial charge in [-0.2, -0.15) is 0 Å². The van der Waals surface area contributed by atoms with E-state index in [1.165, 1.54) is 0 Å². The largest absolute Gasteiger partial charge is 0.481 e. The lowest BCUT2D eigenvalue weighted by Gasteiger charge is -2.25. The molecular weight excluding hydrogens is 488 g/mol. The molecule has 0 aliphatic rings. The predicted octanol–water partition coefficient (Wildman–Crippen LogP) is -2.44. The van der Waals surface area contributed by atoms with Gasteiger partial charge in [-0.3, -0.25) is 24.2 Å². The number of hydrogen-bond donors (Lipinski definition) is 9. The molecule has 0 bridgehead atoms. The third-order valence-electron chi connectivity index (χ3n) is 5.44. The summed E-state index contributed by atoms with van der Waals surface area (Å²) in [4.78, 5) is 64.9. The van der Waals surface area contributed by atoms with Crippen LogP contribution >= 0.6 is 0 Å². The molecule has 0 aromatic heterocycles. The number of hydrogen-bond acceptors (Lipinski definition) is 8. The van der Waals surface area contributed by atoms with Gasteiger partial charge in [0.15, 0.2) is 5.96 Å². The summed E-state index contributed by atoms with van der Waals surface area (Å²) < 4.78 is 0. The molecule has 0 aromatic rings. The van der Waals surface area contributed by atoms with Crippen LogP contribution < -0.4 is 38.9 Å². The fourth-order valence-corrected chi connectivity index (χ4v) is 3.17. The number of aliphatic imine (C=N–C) groups is 1. The fourth-order valence-electron chi connectivity index (χ4n) is 3.17. The van der Waals surface area contributed by atoms with Crippen molar-refractivity contribution < 1.29 is 34.2 Å². The van der Waals surface area contributed by atoms with Gasteiger partial charge in [-0.15, -0.1) is 0 Å². The first kappa shape index (κ1) is 33.5. The summed E-state index contributed by atoms with van der Waals surface area (Å²) >= 11 is 0. The smallest absolute Gasteiger partial charge is 0.326 e. The highest BCUT2D eigenvalue weighted by Gasteiger charge is 2.30. The lowest BCUT2D eigenvalue weighted by Crippen LogP contribution is -2.57. The average molecular weight is 531 g/mol. The number of carbonyl (C=O) groups is 5. The zero-order valence-electron chi connectivity index (χ0n) is 21.4. The van der Waals surface area contributed by atoms with E-state index in [2.05, 4.69) is 20.9 Å². The first-order chi connectivity index (χ1) is 17.3. The van der Waals surface area contributed by atoms with E-state index >= 15 is 0 Å². The number of carbonyl (C=O) groups excluding carboxylic acids is 3. The Kier molecular flexibility index (Phi) is 16.2. The third kappa shape index (κ3) is 14.6. The molecule has 15 heteroatoms. The standard InChI is InChI=1S/C22H42N8O7/c1-12(2)17(24)20(35)29-14(8-9-16(31)32)19(34)28-13(7-5-11-27-22(25)26)18(33)30-15(21(36)37)6-3-4-10-23/h12-15,17H,3-11,23-24H2,1-2H3,(H,28,34)(H,29,35)(H,30,33)(H,31,32)(H,36,37)(H4,25,26,27). The minimum Gasteiger partial charge on any atom is -0.481 e. The van der Waals surface area contributed by atoms with E-state index < -0.39 is 60.2 Å². The number of nitrogens with zero attached hydrogens (tertiary/aromatic N) is 1. The molecular formula is C22H42N8O7. The first-order valence-electron chi connectivity index (χ1n) is 12.2. The molecule has 212 valence electrons. The number of rotatable bonds is 19. The van der Waals surface area contributed by atoms with Gasteiger partial charge in [0, 0.05) is 13.0 Å². The highest BCUT2D eigenvalue weighted by molar-refractivity contribution is 5.94. The van der Waals surface area contributed by atoms with E-state index in [4.69, 9.17) is 28.0 Å². The first-order valence-corrected chi connectivity index (χ1v) is 12.2. The van der Waals surface area contributed by atoms with Gasteiger partial charge in [-0.25, -0.2) is 4.79 Å². The van der Waals surface area contributed by atoms with Crippen molar-refractivity contribution in [2.24, 2.45) is 33.8 Å². The number of aliphatic carboxylic acids is 2. The molecule has 0 heterocycles. The number of nitrogens with two attached hydrogens (primary N) is 4. The Morgan fingerprint density at radius 2 is 1.30 bits per heavy atom. The quantitative estimate of drug-likeness (QED) is 0.0480. The van der Waals surface area contributed by atoms with Gasteiger partial charge in [0.25, 0.3) is 0 Å². The summed E-state index contributed by atoms with van der Waals surface area (Å²) in [6.07, 6.45) is 0.781. The second kappa shape index (κ2) is 17.9. The maximum atomic E-state index is 13.0. The van der Waals surface area contributed by atoms with Crippen LogP contribution in [0.5, 0.6) is 0 Å². The average Bonchev–Trinajstić information content (AvgIpc) is 2.81. The predicted molar refractivity (Wildman–Crippen MR) is 136 cm³/mol. The molecule has 0 saturated carbocycles. The van der Waals surface area contributed by atoms with Gasteiger partial charge in [0.1, 0.15) is 18.1 Å². The Morgan fingerprint density at radius 3 is 1.78 bits per heavy atom. The lowest BCUT2D eigenvalue weighted by molar-refractivity contribution is -0.142. The minimum absolute atomic E-state index is 0.0363. The summed E-state index contributed by atoms with van der Waals surface area (Å²) in [6.45, 7) is 3.93. The van der Waals surface area contributed by atoms with Crippen molar-refractivity contribution in [2.75, 3.05) is 13.1 Å². The Bertz CT molecular complexity index is 802. The molecule has 0 aliphatic carbocycles. The van der Waals surface area contributed by atoms with Crippen LogP contribution in [0.1, 0.15) is 58.8 Å². The maximum absolute atomic E-state index is 13.0. The van der Waals surface area contributed by atoms with Crippen molar-refractivity contribution in [3.05, 3.63) is 0 Å². The summed E-state index contributed by atoms with van der Waals surface area (Å²) in [5.41, 5.74) is 21.9. The molecule has 37 heavy (non-hydrogen) atoms. The van der Waals surface area contributed by atoms with Crippen molar-refractivity contribution in [3.8, 4) is 0 Å². The van der Waals surface area contributed by atoms with Gasteiger partial charge in [-0.1, -0.05) is 13.8 Å². The van der Waals surface area contributed by atoms with Gasteiger partial charge < -0.3 is 49.1 Å². The van der Waals surface area contributed by atoms with Crippen molar-refractivity contribution >= 4 is 35.6 Å². The van der Waals surface area contributed by atoms with Crippen LogP contribution in [0.15, 0.2) is 4.99 Å². The molecule has 0 fully saturated rings. The van der Waals surface area contributed by atoms with Gasteiger partial charge in [0.2, 0.25) is 17.7 Å². The molecule has 0 rings (SSSR count). The van der Waals surface area contributed by atoms with Gasteiger partial charge in [-0.05, 0) is 51.0 Å². The monoisotopic (exact) mass is 530 g/mol. The zero-order chi connectivity index (χ0) is 28.5. The highest BCUT2D eigenvalue weighted by Crippen LogP contribution is 2.07. The Hall–Kier alpha value is -3.46. The zero-order valence-corrected chi connectivity index (χ0v) is 21.4. The topological polar surface area (TPSA) is 278 Å². The minimum atomic E-state index is -1.29. The normalized spacial score (nSPS) is 14.1. The number of carboxylic acid groups (broad SMARTS) is 2. The van der Waals surface area contributed by atoms with Crippen molar-refractivity contribution in [2.45, 2.75) is 83.0 Å². The fraction of sp³-hybridized carbons (Fsp3) is 0.727. The van der Waals surface area contributed by atoms with Crippen LogP contribution in [-0.4, -0.2) is 83.1 Å². The van der Waals surface area contributed by atoms with Crippen molar-refractivity contribution in [1.29, 1.82) is 0 Å². The van der Waals surface area contributed by atoms with E-state index in [0.717, 1.165) is 0 Å². The summed E-state index contributed by atoms with van der Waals surface area (Å²) in [6, 6.07) is -4.64. The Labute approximate surface area is 216 Å². The van der Waals surface area contributed by atoms with Crippen LogP contribution in [0.3, 0.4) is 0 Å². The second-order valence-electron chi connectivity index (χ2n) is 8.96. The SMILES string of the molecule is CC(C)C(N)C(=O)NC(CCC(=O)O)C(=O)NC(CCCN=C(N)N)C(=O)NC(CCCCN)C(=O)O. The summed E-state index contributed by atoms with van der Waals surface area (Å²) in [5, 5.41) is 25.9. The van der Waals surface area contributed by atoms with Crippen molar-refractivity contribution in [3.63, 3.8) is 0 Å². The van der Waals surface area contributed by atoms with Crippen LogP contribution in [0.4, 0.5) is 0 Å². The highest BCUT2D eigenvalue weighted by atomic mass is 16.4. The number of carboxylic acids is 2. The molecule has 4 unspecified atom stereocenters. The molecule has 4 atom stereocenters.